The average Bonchev–Trinajstić information content (AvgIpc) is 3.43. The molecule has 0 amide bonds. The second kappa shape index (κ2) is 10.9. The first-order chi connectivity index (χ1) is 17.6. The van der Waals surface area contributed by atoms with Crippen LogP contribution in [0.5, 0.6) is 0 Å². The van der Waals surface area contributed by atoms with E-state index in [1.807, 2.05) is 45.0 Å². The van der Waals surface area contributed by atoms with Crippen molar-refractivity contribution in [3.05, 3.63) is 67.9 Å². The Morgan fingerprint density at radius 2 is 1.92 bits per heavy atom. The minimum absolute atomic E-state index is 0.0164. The molecule has 5 rings (SSSR count). The van der Waals surface area contributed by atoms with E-state index < -0.39 is 18.1 Å². The number of hydrogen-bond donors (Lipinski definition) is 0. The fraction of sp³-hybridized carbons (Fsp3) is 0.462. The lowest BCUT2D eigenvalue weighted by Crippen LogP contribution is -2.48. The van der Waals surface area contributed by atoms with Crippen LogP contribution < -0.4 is 0 Å². The van der Waals surface area contributed by atoms with Gasteiger partial charge in [-0.15, -0.1) is 11.3 Å². The van der Waals surface area contributed by atoms with Gasteiger partial charge in [-0.2, -0.15) is 13.9 Å². The summed E-state index contributed by atoms with van der Waals surface area (Å²) in [4.78, 5) is 12.8. The van der Waals surface area contributed by atoms with Gasteiger partial charge < -0.3 is 14.4 Å². The standard InChI is InChI=1S/C25H28ClF3N4OS.CH2O/c1-16-18(14-33(30-16)22-17(12-31(2)3)5-4-6-20(22)27)13-32-9-7-24(8-10-32)23-19(11-21(26)35-23)25(28,29)15-34-24;1-2/h4-6,11,14H,7-10,12-13,15H2,1-3H3;1H2. The van der Waals surface area contributed by atoms with E-state index in [0.29, 0.717) is 53.9 Å². The van der Waals surface area contributed by atoms with E-state index in [-0.39, 0.29) is 11.4 Å². The fourth-order valence-corrected chi connectivity index (χ4v) is 6.56. The Hall–Kier alpha value is -2.24. The molecule has 6 nitrogen and oxygen atoms in total. The van der Waals surface area contributed by atoms with E-state index in [1.165, 1.54) is 23.5 Å². The number of halogens is 4. The van der Waals surface area contributed by atoms with Crippen molar-refractivity contribution in [2.75, 3.05) is 33.8 Å². The third-order valence-electron chi connectivity index (χ3n) is 6.88. The number of carbonyl (C=O) groups is 1. The molecule has 3 aromatic rings. The van der Waals surface area contributed by atoms with Crippen LogP contribution in [0.1, 0.15) is 40.1 Å². The van der Waals surface area contributed by atoms with E-state index in [0.717, 1.165) is 16.8 Å². The van der Waals surface area contributed by atoms with Crippen LogP contribution >= 0.6 is 22.9 Å². The number of thiophene rings is 1. The maximum Gasteiger partial charge on any atom is 0.297 e. The molecule has 4 heterocycles. The quantitative estimate of drug-likeness (QED) is 0.415. The van der Waals surface area contributed by atoms with Gasteiger partial charge in [-0.25, -0.2) is 9.07 Å². The molecule has 2 aliphatic rings. The molecule has 0 aliphatic carbocycles. The maximum atomic E-state index is 14.8. The highest BCUT2D eigenvalue weighted by molar-refractivity contribution is 7.16. The van der Waals surface area contributed by atoms with Gasteiger partial charge in [0.15, 0.2) is 0 Å². The van der Waals surface area contributed by atoms with E-state index in [1.54, 1.807) is 10.7 Å². The van der Waals surface area contributed by atoms with Crippen LogP contribution in [0.2, 0.25) is 4.34 Å². The molecule has 0 radical (unpaired) electrons. The van der Waals surface area contributed by atoms with Crippen LogP contribution in [-0.4, -0.2) is 60.2 Å². The van der Waals surface area contributed by atoms with Crippen molar-refractivity contribution in [3.8, 4) is 5.69 Å². The van der Waals surface area contributed by atoms with E-state index in [2.05, 4.69) is 10.00 Å². The maximum absolute atomic E-state index is 14.8. The average molecular weight is 555 g/mol. The summed E-state index contributed by atoms with van der Waals surface area (Å²) in [5, 5.41) is 4.62. The summed E-state index contributed by atoms with van der Waals surface area (Å²) in [5.41, 5.74) is 2.48. The first kappa shape index (κ1) is 27.8. The highest BCUT2D eigenvalue weighted by Gasteiger charge is 2.51. The highest BCUT2D eigenvalue weighted by Crippen LogP contribution is 2.52. The predicted octanol–water partition coefficient (Wildman–Crippen LogP) is 5.52. The van der Waals surface area contributed by atoms with Gasteiger partial charge in [-0.1, -0.05) is 23.7 Å². The van der Waals surface area contributed by atoms with Crippen LogP contribution in [-0.2, 0) is 34.1 Å². The van der Waals surface area contributed by atoms with E-state index in [4.69, 9.17) is 21.1 Å². The number of alkyl halides is 2. The number of rotatable bonds is 5. The molecule has 37 heavy (non-hydrogen) atoms. The molecule has 0 saturated carbocycles. The molecule has 1 fully saturated rings. The lowest BCUT2D eigenvalue weighted by molar-refractivity contribution is -0.182. The van der Waals surface area contributed by atoms with Gasteiger partial charge in [-0.05, 0) is 51.6 Å². The summed E-state index contributed by atoms with van der Waals surface area (Å²) in [6.07, 6.45) is 3.12. The summed E-state index contributed by atoms with van der Waals surface area (Å²) in [5.74, 6) is -3.32. The minimum Gasteiger partial charge on any atom is -0.363 e. The normalized spacial score (nSPS) is 18.5. The Morgan fingerprint density at radius 1 is 1.22 bits per heavy atom. The van der Waals surface area contributed by atoms with E-state index in [9.17, 15) is 13.2 Å². The second-order valence-electron chi connectivity index (χ2n) is 9.73. The molecule has 0 bridgehead atoms. The number of hydrogen-bond acceptors (Lipinski definition) is 6. The van der Waals surface area contributed by atoms with Gasteiger partial charge in [0.1, 0.15) is 30.5 Å². The van der Waals surface area contributed by atoms with Crippen molar-refractivity contribution >= 4 is 29.7 Å². The Kier molecular flexibility index (Phi) is 8.16. The van der Waals surface area contributed by atoms with Gasteiger partial charge in [0, 0.05) is 48.4 Å². The number of carbonyl (C=O) groups excluding carboxylic acids is 1. The molecular weight excluding hydrogens is 525 g/mol. The summed E-state index contributed by atoms with van der Waals surface area (Å²) < 4.78 is 51.4. The van der Waals surface area contributed by atoms with Crippen LogP contribution in [0.25, 0.3) is 5.69 Å². The van der Waals surface area contributed by atoms with Gasteiger partial charge in [0.2, 0.25) is 0 Å². The molecular formula is C26H30ClF3N4O2S. The van der Waals surface area contributed by atoms with Crippen LogP contribution in [0, 0.1) is 12.7 Å². The zero-order valence-corrected chi connectivity index (χ0v) is 22.6. The van der Waals surface area contributed by atoms with Crippen molar-refractivity contribution in [2.45, 2.75) is 44.4 Å². The largest absolute Gasteiger partial charge is 0.363 e. The molecule has 1 saturated heterocycles. The van der Waals surface area contributed by atoms with Crippen molar-refractivity contribution in [1.82, 2.24) is 19.6 Å². The number of piperidine rings is 1. The van der Waals surface area contributed by atoms with Gasteiger partial charge >= 0.3 is 0 Å². The molecule has 1 spiro atoms. The SMILES string of the molecule is C=O.Cc1nn(-c2c(F)cccc2CN(C)C)cc1CN1CCC2(CC1)OCC(F)(F)c1cc(Cl)sc12. The van der Waals surface area contributed by atoms with Crippen molar-refractivity contribution in [1.29, 1.82) is 0 Å². The van der Waals surface area contributed by atoms with Crippen LogP contribution in [0.4, 0.5) is 13.2 Å². The molecule has 0 N–H and O–H groups in total. The van der Waals surface area contributed by atoms with Crippen molar-refractivity contribution in [3.63, 3.8) is 0 Å². The number of likely N-dealkylation sites (tertiary alicyclic amines) is 1. The topological polar surface area (TPSA) is 50.6 Å². The molecule has 2 aromatic heterocycles. The third kappa shape index (κ3) is 5.49. The summed E-state index contributed by atoms with van der Waals surface area (Å²) in [6, 6.07) is 6.48. The van der Waals surface area contributed by atoms with Gasteiger partial charge in [0.25, 0.3) is 5.92 Å². The predicted molar refractivity (Wildman–Crippen MR) is 138 cm³/mol. The molecule has 2 aliphatic heterocycles. The summed E-state index contributed by atoms with van der Waals surface area (Å²) in [6.45, 7) is 5.94. The summed E-state index contributed by atoms with van der Waals surface area (Å²) in [7, 11) is 3.89. The summed E-state index contributed by atoms with van der Waals surface area (Å²) >= 11 is 7.32. The smallest absolute Gasteiger partial charge is 0.297 e. The van der Waals surface area contributed by atoms with Crippen molar-refractivity contribution in [2.24, 2.45) is 0 Å². The Labute approximate surface area is 223 Å². The highest BCUT2D eigenvalue weighted by atomic mass is 35.5. The molecule has 0 atom stereocenters. The lowest BCUT2D eigenvalue weighted by atomic mass is 9.84. The monoisotopic (exact) mass is 554 g/mol. The molecule has 0 unspecified atom stereocenters. The van der Waals surface area contributed by atoms with Crippen molar-refractivity contribution < 1.29 is 22.7 Å². The Balaban J connectivity index is 0.00000156. The third-order valence-corrected chi connectivity index (χ3v) is 8.33. The zero-order chi connectivity index (χ0) is 27.0. The number of benzene rings is 1. The first-order valence-corrected chi connectivity index (χ1v) is 13.1. The van der Waals surface area contributed by atoms with E-state index >= 15 is 0 Å². The number of fused-ring (bicyclic) bond motifs is 2. The molecule has 1 aromatic carbocycles. The fourth-order valence-electron chi connectivity index (χ4n) is 5.08. The van der Waals surface area contributed by atoms with Gasteiger partial charge in [-0.3, -0.25) is 4.90 Å². The minimum atomic E-state index is -3.01. The molecule has 11 heteroatoms. The number of aromatic nitrogens is 2. The van der Waals surface area contributed by atoms with Gasteiger partial charge in [0.05, 0.1) is 10.0 Å². The zero-order valence-electron chi connectivity index (χ0n) is 21.1. The lowest BCUT2D eigenvalue weighted by Gasteiger charge is -2.45. The molecule has 200 valence electrons. The first-order valence-electron chi connectivity index (χ1n) is 11.9. The second-order valence-corrected chi connectivity index (χ2v) is 11.4. The number of para-hydroxylation sites is 1. The number of nitrogens with zero attached hydrogens (tertiary/aromatic N) is 4. The van der Waals surface area contributed by atoms with Crippen LogP contribution in [0.3, 0.4) is 0 Å². The Bertz CT molecular complexity index is 1250. The Morgan fingerprint density at radius 3 is 2.59 bits per heavy atom. The number of aryl methyl sites for hydroxylation is 1. The number of ether oxygens (including phenoxy) is 1. The van der Waals surface area contributed by atoms with Crippen LogP contribution in [0.15, 0.2) is 30.5 Å².